The fourth-order valence-electron chi connectivity index (χ4n) is 2.96. The lowest BCUT2D eigenvalue weighted by Crippen LogP contribution is -2.31. The summed E-state index contributed by atoms with van der Waals surface area (Å²) in [4.78, 5) is 37.2. The van der Waals surface area contributed by atoms with Crippen LogP contribution in [0.3, 0.4) is 0 Å². The number of hydrogen-bond acceptors (Lipinski definition) is 7. The number of anilines is 1. The van der Waals surface area contributed by atoms with Crippen LogP contribution in [0.1, 0.15) is 39.0 Å². The van der Waals surface area contributed by atoms with Gasteiger partial charge in [0.1, 0.15) is 17.6 Å². The smallest absolute Gasteiger partial charge is 0.325 e. The number of thiophene rings is 2. The highest BCUT2D eigenvalue weighted by molar-refractivity contribution is 7.16. The molecule has 1 atom stereocenters. The fourth-order valence-corrected chi connectivity index (χ4v) is 4.98. The number of carbonyl (C=O) groups excluding carboxylic acids is 3. The molecule has 146 valence electrons. The minimum atomic E-state index is -0.708. The van der Waals surface area contributed by atoms with Gasteiger partial charge in [0.15, 0.2) is 6.61 Å². The van der Waals surface area contributed by atoms with Gasteiger partial charge in [-0.25, -0.2) is 0 Å². The van der Waals surface area contributed by atoms with E-state index in [0.717, 1.165) is 29.7 Å². The van der Waals surface area contributed by atoms with Crippen molar-refractivity contribution in [3.63, 3.8) is 0 Å². The van der Waals surface area contributed by atoms with Gasteiger partial charge in [-0.2, -0.15) is 5.26 Å². The second-order valence-corrected chi connectivity index (χ2v) is 8.59. The molecule has 1 aliphatic carbocycles. The van der Waals surface area contributed by atoms with E-state index in [1.165, 1.54) is 22.7 Å². The predicted molar refractivity (Wildman–Crippen MR) is 106 cm³/mol. The molecule has 28 heavy (non-hydrogen) atoms. The van der Waals surface area contributed by atoms with Crippen LogP contribution in [0, 0.1) is 17.2 Å². The van der Waals surface area contributed by atoms with Crippen LogP contribution in [-0.2, 0) is 27.2 Å². The maximum Gasteiger partial charge on any atom is 0.325 e. The van der Waals surface area contributed by atoms with Crippen LogP contribution in [-0.4, -0.2) is 30.9 Å². The second kappa shape index (κ2) is 8.99. The molecule has 0 saturated heterocycles. The predicted octanol–water partition coefficient (Wildman–Crippen LogP) is 2.72. The van der Waals surface area contributed by atoms with Crippen molar-refractivity contribution in [2.24, 2.45) is 5.92 Å². The number of ether oxygens (including phenoxy) is 1. The minimum absolute atomic E-state index is 0.321. The maximum atomic E-state index is 12.1. The van der Waals surface area contributed by atoms with E-state index in [0.29, 0.717) is 21.4 Å². The minimum Gasteiger partial charge on any atom is -0.454 e. The lowest BCUT2D eigenvalue weighted by molar-refractivity contribution is -0.146. The number of esters is 1. The molecule has 9 heteroatoms. The first-order valence-electron chi connectivity index (χ1n) is 8.79. The van der Waals surface area contributed by atoms with E-state index in [4.69, 9.17) is 4.74 Å². The number of rotatable bonds is 6. The van der Waals surface area contributed by atoms with Crippen molar-refractivity contribution in [2.45, 2.75) is 26.2 Å². The fraction of sp³-hybridized carbons (Fsp3) is 0.368. The normalized spacial score (nSPS) is 15.2. The number of fused-ring (bicyclic) bond motifs is 1. The SMILES string of the molecule is C[C@@H]1CCc2c(sc(NC(=O)COC(=O)CNC(=O)c3cccs3)c2C#N)C1. The molecule has 2 amide bonds. The van der Waals surface area contributed by atoms with Gasteiger partial charge in [-0.05, 0) is 42.2 Å². The molecule has 0 bridgehead atoms. The van der Waals surface area contributed by atoms with Crippen LogP contribution in [0.4, 0.5) is 5.00 Å². The van der Waals surface area contributed by atoms with Crippen LogP contribution >= 0.6 is 22.7 Å². The van der Waals surface area contributed by atoms with E-state index in [2.05, 4.69) is 23.6 Å². The van der Waals surface area contributed by atoms with Crippen LogP contribution in [0.5, 0.6) is 0 Å². The van der Waals surface area contributed by atoms with Crippen molar-refractivity contribution in [3.05, 3.63) is 38.4 Å². The van der Waals surface area contributed by atoms with Gasteiger partial charge in [0, 0.05) is 4.88 Å². The van der Waals surface area contributed by atoms with E-state index in [-0.39, 0.29) is 12.5 Å². The summed E-state index contributed by atoms with van der Waals surface area (Å²) in [6.07, 6.45) is 2.77. The summed E-state index contributed by atoms with van der Waals surface area (Å²) in [6, 6.07) is 5.56. The van der Waals surface area contributed by atoms with Crippen LogP contribution < -0.4 is 10.6 Å². The molecule has 0 aromatic carbocycles. The lowest BCUT2D eigenvalue weighted by atomic mass is 9.89. The highest BCUT2D eigenvalue weighted by atomic mass is 32.1. The monoisotopic (exact) mass is 417 g/mol. The van der Waals surface area contributed by atoms with E-state index in [1.54, 1.807) is 17.5 Å². The van der Waals surface area contributed by atoms with Crippen LogP contribution in [0.2, 0.25) is 0 Å². The number of nitrogens with one attached hydrogen (secondary N) is 2. The third kappa shape index (κ3) is 4.77. The summed E-state index contributed by atoms with van der Waals surface area (Å²) in [5, 5.41) is 16.8. The Balaban J connectivity index is 1.49. The molecule has 0 fully saturated rings. The van der Waals surface area contributed by atoms with Crippen LogP contribution in [0.25, 0.3) is 0 Å². The summed E-state index contributed by atoms with van der Waals surface area (Å²) >= 11 is 2.68. The Morgan fingerprint density at radius 3 is 2.93 bits per heavy atom. The highest BCUT2D eigenvalue weighted by Crippen LogP contribution is 2.39. The number of amides is 2. The Morgan fingerprint density at radius 2 is 2.21 bits per heavy atom. The quantitative estimate of drug-likeness (QED) is 0.703. The van der Waals surface area contributed by atoms with Crippen molar-refractivity contribution in [2.75, 3.05) is 18.5 Å². The van der Waals surface area contributed by atoms with Gasteiger partial charge >= 0.3 is 5.97 Å². The van der Waals surface area contributed by atoms with Crippen molar-refractivity contribution in [3.8, 4) is 6.07 Å². The van der Waals surface area contributed by atoms with E-state index in [9.17, 15) is 19.6 Å². The summed E-state index contributed by atoms with van der Waals surface area (Å²) < 4.78 is 4.90. The molecule has 7 nitrogen and oxygen atoms in total. The van der Waals surface area contributed by atoms with Crippen LogP contribution in [0.15, 0.2) is 17.5 Å². The molecule has 2 N–H and O–H groups in total. The summed E-state index contributed by atoms with van der Waals surface area (Å²) in [6.45, 7) is 1.37. The van der Waals surface area contributed by atoms with Crippen molar-refractivity contribution < 1.29 is 19.1 Å². The number of hydrogen-bond donors (Lipinski definition) is 2. The van der Waals surface area contributed by atoms with Gasteiger partial charge in [-0.3, -0.25) is 14.4 Å². The van der Waals surface area contributed by atoms with E-state index < -0.39 is 18.5 Å². The first kappa shape index (κ1) is 20.0. The van der Waals surface area contributed by atoms with E-state index >= 15 is 0 Å². The summed E-state index contributed by atoms with van der Waals surface area (Å²) in [5.74, 6) is -1.03. The summed E-state index contributed by atoms with van der Waals surface area (Å²) in [5.41, 5.74) is 1.53. The molecule has 0 spiro atoms. The van der Waals surface area contributed by atoms with Crippen molar-refractivity contribution in [1.29, 1.82) is 5.26 Å². The lowest BCUT2D eigenvalue weighted by Gasteiger charge is -2.17. The zero-order valence-corrected chi connectivity index (χ0v) is 16.9. The third-order valence-electron chi connectivity index (χ3n) is 4.38. The topological polar surface area (TPSA) is 108 Å². The largest absolute Gasteiger partial charge is 0.454 e. The van der Waals surface area contributed by atoms with Gasteiger partial charge in [-0.15, -0.1) is 22.7 Å². The zero-order valence-electron chi connectivity index (χ0n) is 15.2. The van der Waals surface area contributed by atoms with Gasteiger partial charge in [0.25, 0.3) is 11.8 Å². The third-order valence-corrected chi connectivity index (χ3v) is 6.42. The van der Waals surface area contributed by atoms with Crippen molar-refractivity contribution in [1.82, 2.24) is 5.32 Å². The second-order valence-electron chi connectivity index (χ2n) is 6.54. The molecule has 0 unspecified atom stereocenters. The number of nitriles is 1. The average molecular weight is 418 g/mol. The van der Waals surface area contributed by atoms with E-state index in [1.807, 2.05) is 0 Å². The molecule has 0 saturated carbocycles. The Hall–Kier alpha value is -2.70. The molecule has 3 rings (SSSR count). The number of nitrogens with zero attached hydrogens (tertiary/aromatic N) is 1. The molecule has 1 aliphatic rings. The standard InChI is InChI=1S/C19H19N3O4S2/c1-11-4-5-12-13(8-20)19(28-15(12)7-11)22-16(23)10-26-17(24)9-21-18(25)14-3-2-6-27-14/h2-3,6,11H,4-5,7,9-10H2,1H3,(H,21,25)(H,22,23)/t11-/m1/s1. The Morgan fingerprint density at radius 1 is 1.39 bits per heavy atom. The Bertz CT molecular complexity index is 928. The Kier molecular flexibility index (Phi) is 6.44. The molecular formula is C19H19N3O4S2. The molecule has 2 aromatic heterocycles. The van der Waals surface area contributed by atoms with Gasteiger partial charge in [0.05, 0.1) is 10.4 Å². The highest BCUT2D eigenvalue weighted by Gasteiger charge is 2.24. The molecule has 2 aromatic rings. The summed E-state index contributed by atoms with van der Waals surface area (Å²) in [7, 11) is 0. The Labute approximate surface area is 170 Å². The number of carbonyl (C=O) groups is 3. The molecule has 0 radical (unpaired) electrons. The maximum absolute atomic E-state index is 12.1. The van der Waals surface area contributed by atoms with Gasteiger partial charge in [-0.1, -0.05) is 13.0 Å². The molecule has 2 heterocycles. The zero-order chi connectivity index (χ0) is 20.1. The first-order chi connectivity index (χ1) is 13.5. The van der Waals surface area contributed by atoms with Gasteiger partial charge < -0.3 is 15.4 Å². The first-order valence-corrected chi connectivity index (χ1v) is 10.5. The average Bonchev–Trinajstić information content (AvgIpc) is 3.31. The molecule has 0 aliphatic heterocycles. The molecular weight excluding hydrogens is 398 g/mol. The van der Waals surface area contributed by atoms with Crippen molar-refractivity contribution >= 4 is 45.5 Å². The van der Waals surface area contributed by atoms with Gasteiger partial charge in [0.2, 0.25) is 0 Å².